The smallest absolute Gasteiger partial charge is 0.291 e. The number of hydroxylamine groups is 1. The van der Waals surface area contributed by atoms with E-state index in [1.54, 1.807) is 6.92 Å². The highest BCUT2D eigenvalue weighted by molar-refractivity contribution is 6.30. The number of carbonyl (C=O) groups excluding carboxylic acids is 1. The lowest BCUT2D eigenvalue weighted by molar-refractivity contribution is 0.0360. The van der Waals surface area contributed by atoms with E-state index in [4.69, 9.17) is 16.4 Å². The second-order valence-corrected chi connectivity index (χ2v) is 2.53. The van der Waals surface area contributed by atoms with Gasteiger partial charge in [0.1, 0.15) is 5.69 Å². The molecule has 0 saturated carbocycles. The van der Waals surface area contributed by atoms with Crippen molar-refractivity contribution in [3.8, 4) is 0 Å². The Morgan fingerprint density at radius 1 is 1.83 bits per heavy atom. The molecule has 2 N–H and O–H groups in total. The highest BCUT2D eigenvalue weighted by Gasteiger charge is 2.06. The topological polar surface area (TPSA) is 54.1 Å². The van der Waals surface area contributed by atoms with Crippen LogP contribution in [0.5, 0.6) is 0 Å². The Morgan fingerprint density at radius 3 is 3.08 bits per heavy atom. The van der Waals surface area contributed by atoms with Gasteiger partial charge in [-0.2, -0.15) is 0 Å². The number of halogens is 1. The third-order valence-corrected chi connectivity index (χ3v) is 1.42. The molecule has 1 amide bonds. The first-order valence-electron chi connectivity index (χ1n) is 3.50. The molecule has 1 rings (SSSR count). The van der Waals surface area contributed by atoms with Crippen LogP contribution < -0.4 is 5.48 Å². The Bertz CT molecular complexity index is 272. The third kappa shape index (κ3) is 2.25. The molecule has 0 unspecified atom stereocenters. The number of aromatic amines is 1. The van der Waals surface area contributed by atoms with Crippen LogP contribution in [-0.2, 0) is 4.84 Å². The molecule has 0 aliphatic heterocycles. The molecular formula is C7H9ClN2O2. The first kappa shape index (κ1) is 9.09. The fourth-order valence-electron chi connectivity index (χ4n) is 0.692. The maximum absolute atomic E-state index is 11.1. The molecule has 1 aromatic rings. The number of nitrogens with one attached hydrogen (secondary N) is 2. The molecule has 0 fully saturated rings. The second-order valence-electron chi connectivity index (χ2n) is 2.10. The van der Waals surface area contributed by atoms with Crippen LogP contribution >= 0.6 is 11.6 Å². The van der Waals surface area contributed by atoms with E-state index in [2.05, 4.69) is 10.5 Å². The van der Waals surface area contributed by atoms with Crippen molar-refractivity contribution in [2.45, 2.75) is 6.92 Å². The molecule has 0 aliphatic rings. The van der Waals surface area contributed by atoms with Gasteiger partial charge in [0.25, 0.3) is 5.91 Å². The van der Waals surface area contributed by atoms with E-state index in [1.807, 2.05) is 0 Å². The van der Waals surface area contributed by atoms with Crippen LogP contribution in [0.3, 0.4) is 0 Å². The molecule has 0 aliphatic carbocycles. The zero-order valence-corrected chi connectivity index (χ0v) is 7.31. The average Bonchev–Trinajstić information content (AvgIpc) is 2.47. The van der Waals surface area contributed by atoms with Gasteiger partial charge in [-0.05, 0) is 13.0 Å². The SMILES string of the molecule is CCONC(=O)c1cc(Cl)c[nH]1. The minimum absolute atomic E-state index is 0.330. The van der Waals surface area contributed by atoms with Gasteiger partial charge in [-0.1, -0.05) is 11.6 Å². The van der Waals surface area contributed by atoms with Gasteiger partial charge in [0.2, 0.25) is 0 Å². The van der Waals surface area contributed by atoms with Crippen molar-refractivity contribution in [2.75, 3.05) is 6.61 Å². The van der Waals surface area contributed by atoms with Crippen LogP contribution in [0, 0.1) is 0 Å². The van der Waals surface area contributed by atoms with Crippen molar-refractivity contribution < 1.29 is 9.63 Å². The molecule has 0 aromatic carbocycles. The van der Waals surface area contributed by atoms with E-state index < -0.39 is 0 Å². The van der Waals surface area contributed by atoms with Crippen LogP contribution in [0.2, 0.25) is 5.02 Å². The molecule has 4 nitrogen and oxygen atoms in total. The Morgan fingerprint density at radius 2 is 2.58 bits per heavy atom. The summed E-state index contributed by atoms with van der Waals surface area (Å²) in [4.78, 5) is 18.5. The van der Waals surface area contributed by atoms with Gasteiger partial charge in [-0.25, -0.2) is 5.48 Å². The van der Waals surface area contributed by atoms with E-state index in [-0.39, 0.29) is 5.91 Å². The summed E-state index contributed by atoms with van der Waals surface area (Å²) in [6.07, 6.45) is 1.53. The first-order valence-corrected chi connectivity index (χ1v) is 3.88. The minimum Gasteiger partial charge on any atom is -0.356 e. The lowest BCUT2D eigenvalue weighted by Crippen LogP contribution is -2.23. The number of H-pyrrole nitrogens is 1. The van der Waals surface area contributed by atoms with Crippen LogP contribution in [0.15, 0.2) is 12.3 Å². The monoisotopic (exact) mass is 188 g/mol. The molecule has 0 radical (unpaired) electrons. The number of hydrogen-bond donors (Lipinski definition) is 2. The summed E-state index contributed by atoms with van der Waals surface area (Å²) in [7, 11) is 0. The number of hydrogen-bond acceptors (Lipinski definition) is 2. The van der Waals surface area contributed by atoms with E-state index in [0.717, 1.165) is 0 Å². The molecule has 0 spiro atoms. The fourth-order valence-corrected chi connectivity index (χ4v) is 0.855. The first-order chi connectivity index (χ1) is 5.74. The maximum Gasteiger partial charge on any atom is 0.291 e. The lowest BCUT2D eigenvalue weighted by atomic mass is 10.4. The number of carbonyl (C=O) groups is 1. The van der Waals surface area contributed by atoms with Crippen molar-refractivity contribution in [3.63, 3.8) is 0 Å². The summed E-state index contributed by atoms with van der Waals surface area (Å²) in [5.74, 6) is -0.330. The van der Waals surface area contributed by atoms with Crippen LogP contribution in [0.25, 0.3) is 0 Å². The molecular weight excluding hydrogens is 180 g/mol. The highest BCUT2D eigenvalue weighted by atomic mass is 35.5. The molecule has 1 aromatic heterocycles. The van der Waals surface area contributed by atoms with Crippen molar-refractivity contribution in [2.24, 2.45) is 0 Å². The molecule has 1 heterocycles. The van der Waals surface area contributed by atoms with Gasteiger partial charge in [0, 0.05) is 6.20 Å². The molecule has 0 bridgehead atoms. The van der Waals surface area contributed by atoms with E-state index >= 15 is 0 Å². The third-order valence-electron chi connectivity index (χ3n) is 1.20. The molecule has 66 valence electrons. The van der Waals surface area contributed by atoms with Crippen LogP contribution in [0.1, 0.15) is 17.4 Å². The summed E-state index contributed by atoms with van der Waals surface area (Å²) in [5, 5.41) is 0.497. The van der Waals surface area contributed by atoms with Crippen molar-refractivity contribution in [3.05, 3.63) is 23.0 Å². The fraction of sp³-hybridized carbons (Fsp3) is 0.286. The summed E-state index contributed by atoms with van der Waals surface area (Å²) in [6, 6.07) is 1.52. The summed E-state index contributed by atoms with van der Waals surface area (Å²) < 4.78 is 0. The van der Waals surface area contributed by atoms with Crippen LogP contribution in [-0.4, -0.2) is 17.5 Å². The van der Waals surface area contributed by atoms with Crippen molar-refractivity contribution >= 4 is 17.5 Å². The summed E-state index contributed by atoms with van der Waals surface area (Å²) in [6.45, 7) is 2.21. The van der Waals surface area contributed by atoms with E-state index in [9.17, 15) is 4.79 Å². The van der Waals surface area contributed by atoms with Gasteiger partial charge in [0.05, 0.1) is 11.6 Å². The predicted octanol–water partition coefficient (Wildman–Crippen LogP) is 1.35. The van der Waals surface area contributed by atoms with Gasteiger partial charge < -0.3 is 4.98 Å². The van der Waals surface area contributed by atoms with Gasteiger partial charge in [-0.15, -0.1) is 0 Å². The zero-order valence-electron chi connectivity index (χ0n) is 6.56. The minimum atomic E-state index is -0.330. The van der Waals surface area contributed by atoms with E-state index in [0.29, 0.717) is 17.3 Å². The maximum atomic E-state index is 11.1. The predicted molar refractivity (Wildman–Crippen MR) is 44.9 cm³/mol. The Balaban J connectivity index is 2.53. The van der Waals surface area contributed by atoms with E-state index in [1.165, 1.54) is 12.3 Å². The summed E-state index contributed by atoms with van der Waals surface area (Å²) >= 11 is 5.59. The Hall–Kier alpha value is -1.00. The van der Waals surface area contributed by atoms with Crippen LogP contribution in [0.4, 0.5) is 0 Å². The van der Waals surface area contributed by atoms with Crippen molar-refractivity contribution in [1.29, 1.82) is 0 Å². The van der Waals surface area contributed by atoms with Gasteiger partial charge in [-0.3, -0.25) is 9.63 Å². The van der Waals surface area contributed by atoms with Gasteiger partial charge in [0.15, 0.2) is 0 Å². The Labute approximate surface area is 74.8 Å². The Kier molecular flexibility index (Phi) is 3.13. The molecule has 0 atom stereocenters. The van der Waals surface area contributed by atoms with Gasteiger partial charge >= 0.3 is 0 Å². The number of amides is 1. The second kappa shape index (κ2) is 4.13. The number of aromatic nitrogens is 1. The lowest BCUT2D eigenvalue weighted by Gasteiger charge is -2.00. The quantitative estimate of drug-likeness (QED) is 0.704. The highest BCUT2D eigenvalue weighted by Crippen LogP contribution is 2.08. The largest absolute Gasteiger partial charge is 0.356 e. The standard InChI is InChI=1S/C7H9ClN2O2/c1-2-12-10-7(11)6-3-5(8)4-9-6/h3-4,9H,2H2,1H3,(H,10,11). The summed E-state index contributed by atoms with van der Waals surface area (Å²) in [5.41, 5.74) is 2.62. The average molecular weight is 189 g/mol. The van der Waals surface area contributed by atoms with Crippen molar-refractivity contribution in [1.82, 2.24) is 10.5 Å². The molecule has 0 saturated heterocycles. The molecule has 5 heteroatoms. The zero-order chi connectivity index (χ0) is 8.97. The number of rotatable bonds is 3. The normalized spacial score (nSPS) is 9.83. The molecule has 12 heavy (non-hydrogen) atoms.